The fraction of sp³-hybridized carbons (Fsp3) is 0.857. The second-order valence-electron chi connectivity index (χ2n) is 6.24. The third kappa shape index (κ3) is 1.95. The molecule has 106 valence electrons. The van der Waals surface area contributed by atoms with Gasteiger partial charge in [0.2, 0.25) is 0 Å². The fourth-order valence-electron chi connectivity index (χ4n) is 4.07. The first-order valence-electron chi connectivity index (χ1n) is 7.54. The van der Waals surface area contributed by atoms with Gasteiger partial charge >= 0.3 is 6.03 Å². The van der Waals surface area contributed by atoms with Crippen LogP contribution in [-0.2, 0) is 4.79 Å². The molecule has 3 N–H and O–H groups in total. The van der Waals surface area contributed by atoms with Crippen LogP contribution in [0.5, 0.6) is 0 Å². The zero-order valence-corrected chi connectivity index (χ0v) is 11.4. The molecular weight excluding hydrogens is 242 g/mol. The molecule has 5 heteroatoms. The van der Waals surface area contributed by atoms with Crippen molar-refractivity contribution < 1.29 is 9.59 Å². The molecule has 3 fully saturated rings. The van der Waals surface area contributed by atoms with Crippen molar-refractivity contribution in [3.63, 3.8) is 0 Å². The van der Waals surface area contributed by atoms with Gasteiger partial charge in [0.1, 0.15) is 5.54 Å². The molecular formula is C14H23N3O2. The van der Waals surface area contributed by atoms with Crippen LogP contribution >= 0.6 is 0 Å². The molecule has 0 aromatic heterocycles. The molecule has 0 aromatic carbocycles. The smallest absolute Gasteiger partial charge is 0.325 e. The Labute approximate surface area is 113 Å². The summed E-state index contributed by atoms with van der Waals surface area (Å²) in [7, 11) is 0. The van der Waals surface area contributed by atoms with E-state index < -0.39 is 5.54 Å². The van der Waals surface area contributed by atoms with Crippen molar-refractivity contribution in [3.05, 3.63) is 0 Å². The summed E-state index contributed by atoms with van der Waals surface area (Å²) in [5.41, 5.74) is 5.20. The van der Waals surface area contributed by atoms with E-state index in [1.807, 2.05) is 0 Å². The number of carbonyl (C=O) groups is 2. The first-order chi connectivity index (χ1) is 9.18. The lowest BCUT2D eigenvalue weighted by Gasteiger charge is -2.32. The highest BCUT2D eigenvalue weighted by atomic mass is 16.2. The van der Waals surface area contributed by atoms with Crippen LogP contribution in [0.3, 0.4) is 0 Å². The van der Waals surface area contributed by atoms with Gasteiger partial charge in [0.25, 0.3) is 5.91 Å². The van der Waals surface area contributed by atoms with Gasteiger partial charge < -0.3 is 11.1 Å². The molecule has 3 aliphatic rings. The van der Waals surface area contributed by atoms with Gasteiger partial charge in [-0.15, -0.1) is 0 Å². The molecule has 19 heavy (non-hydrogen) atoms. The Hall–Kier alpha value is -1.10. The van der Waals surface area contributed by atoms with Crippen LogP contribution in [0.4, 0.5) is 4.79 Å². The standard InChI is InChI=1S/C14H23N3O2/c15-9-10-5-4-6-11(10)17-12(18)14(16-13(17)19)7-2-1-3-8-14/h10-11H,1-9,15H2,(H,16,19). The van der Waals surface area contributed by atoms with E-state index in [2.05, 4.69) is 5.32 Å². The third-order valence-electron chi connectivity index (χ3n) is 5.15. The van der Waals surface area contributed by atoms with Crippen LogP contribution in [0.1, 0.15) is 51.4 Å². The Morgan fingerprint density at radius 2 is 1.89 bits per heavy atom. The zero-order valence-electron chi connectivity index (χ0n) is 11.4. The average Bonchev–Trinajstić information content (AvgIpc) is 2.95. The van der Waals surface area contributed by atoms with Crippen LogP contribution in [0.15, 0.2) is 0 Å². The van der Waals surface area contributed by atoms with E-state index in [-0.39, 0.29) is 23.9 Å². The van der Waals surface area contributed by atoms with Crippen molar-refractivity contribution in [2.75, 3.05) is 6.54 Å². The molecule has 0 bridgehead atoms. The fourth-order valence-corrected chi connectivity index (χ4v) is 4.07. The number of hydrogen-bond donors (Lipinski definition) is 2. The molecule has 1 saturated heterocycles. The Kier molecular flexibility index (Phi) is 3.25. The van der Waals surface area contributed by atoms with E-state index >= 15 is 0 Å². The number of nitrogens with two attached hydrogens (primary N) is 1. The quantitative estimate of drug-likeness (QED) is 0.740. The van der Waals surface area contributed by atoms with Gasteiger partial charge in [0.05, 0.1) is 0 Å². The van der Waals surface area contributed by atoms with E-state index in [4.69, 9.17) is 5.73 Å². The van der Waals surface area contributed by atoms with Crippen LogP contribution < -0.4 is 11.1 Å². The monoisotopic (exact) mass is 265 g/mol. The molecule has 1 heterocycles. The second-order valence-corrected chi connectivity index (χ2v) is 6.24. The van der Waals surface area contributed by atoms with Crippen molar-refractivity contribution in [1.82, 2.24) is 10.2 Å². The molecule has 0 radical (unpaired) electrons. The second kappa shape index (κ2) is 4.78. The number of hydrogen-bond acceptors (Lipinski definition) is 3. The lowest BCUT2D eigenvalue weighted by Crippen LogP contribution is -2.50. The van der Waals surface area contributed by atoms with Crippen molar-refractivity contribution in [2.45, 2.75) is 62.9 Å². The van der Waals surface area contributed by atoms with E-state index in [9.17, 15) is 9.59 Å². The number of imide groups is 1. The summed E-state index contributed by atoms with van der Waals surface area (Å²) in [6.07, 6.45) is 7.84. The van der Waals surface area contributed by atoms with E-state index in [0.29, 0.717) is 6.54 Å². The van der Waals surface area contributed by atoms with Crippen molar-refractivity contribution in [1.29, 1.82) is 0 Å². The van der Waals surface area contributed by atoms with E-state index in [0.717, 1.165) is 44.9 Å². The van der Waals surface area contributed by atoms with Gasteiger partial charge in [-0.05, 0) is 38.1 Å². The highest BCUT2D eigenvalue weighted by Gasteiger charge is 2.54. The Balaban J connectivity index is 1.83. The summed E-state index contributed by atoms with van der Waals surface area (Å²) in [5, 5.41) is 2.99. The van der Waals surface area contributed by atoms with Gasteiger partial charge in [-0.3, -0.25) is 9.69 Å². The predicted octanol–water partition coefficient (Wildman–Crippen LogP) is 1.37. The maximum Gasteiger partial charge on any atom is 0.325 e. The zero-order chi connectivity index (χ0) is 13.5. The number of rotatable bonds is 2. The summed E-state index contributed by atoms with van der Waals surface area (Å²) in [6, 6.07) is -0.156. The number of urea groups is 1. The molecule has 2 atom stereocenters. The van der Waals surface area contributed by atoms with Gasteiger partial charge in [-0.2, -0.15) is 0 Å². The van der Waals surface area contributed by atoms with Gasteiger partial charge in [0.15, 0.2) is 0 Å². The lowest BCUT2D eigenvalue weighted by atomic mass is 9.81. The number of nitrogens with one attached hydrogen (secondary N) is 1. The molecule has 1 spiro atoms. The van der Waals surface area contributed by atoms with Gasteiger partial charge in [-0.25, -0.2) is 4.79 Å². The molecule has 2 unspecified atom stereocenters. The number of nitrogens with zero attached hydrogens (tertiary/aromatic N) is 1. The molecule has 3 rings (SSSR count). The first-order valence-corrected chi connectivity index (χ1v) is 7.54. The van der Waals surface area contributed by atoms with Gasteiger partial charge in [0, 0.05) is 6.04 Å². The maximum absolute atomic E-state index is 12.7. The summed E-state index contributed by atoms with van der Waals surface area (Å²) in [4.78, 5) is 26.5. The SMILES string of the molecule is NCC1CCCC1N1C(=O)NC2(CCCCC2)C1=O. The Morgan fingerprint density at radius 1 is 1.16 bits per heavy atom. The minimum absolute atomic E-state index is 0.0163. The number of carbonyl (C=O) groups excluding carboxylic acids is 2. The summed E-state index contributed by atoms with van der Waals surface area (Å²) in [6.45, 7) is 0.564. The third-order valence-corrected chi connectivity index (χ3v) is 5.15. The van der Waals surface area contributed by atoms with E-state index in [1.54, 1.807) is 0 Å². The Morgan fingerprint density at radius 3 is 2.58 bits per heavy atom. The predicted molar refractivity (Wildman–Crippen MR) is 71.4 cm³/mol. The highest BCUT2D eigenvalue weighted by molar-refractivity contribution is 6.07. The van der Waals surface area contributed by atoms with Crippen LogP contribution in [0.2, 0.25) is 0 Å². The molecule has 2 saturated carbocycles. The summed E-state index contributed by atoms with van der Waals surface area (Å²) in [5.74, 6) is 0.302. The molecule has 0 aromatic rings. The van der Waals surface area contributed by atoms with Crippen molar-refractivity contribution >= 4 is 11.9 Å². The molecule has 1 aliphatic heterocycles. The number of amides is 3. The highest BCUT2D eigenvalue weighted by Crippen LogP contribution is 2.38. The largest absolute Gasteiger partial charge is 0.330 e. The van der Waals surface area contributed by atoms with Crippen LogP contribution in [-0.4, -0.2) is 35.0 Å². The minimum Gasteiger partial charge on any atom is -0.330 e. The Bertz CT molecular complexity index is 390. The van der Waals surface area contributed by atoms with E-state index in [1.165, 1.54) is 11.3 Å². The van der Waals surface area contributed by atoms with Crippen molar-refractivity contribution in [3.8, 4) is 0 Å². The lowest BCUT2D eigenvalue weighted by molar-refractivity contribution is -0.134. The molecule has 2 aliphatic carbocycles. The normalized spacial score (nSPS) is 34.1. The topological polar surface area (TPSA) is 75.4 Å². The van der Waals surface area contributed by atoms with Crippen LogP contribution in [0, 0.1) is 5.92 Å². The average molecular weight is 265 g/mol. The first kappa shape index (κ1) is 12.9. The van der Waals surface area contributed by atoms with Crippen LogP contribution in [0.25, 0.3) is 0 Å². The molecule has 5 nitrogen and oxygen atoms in total. The van der Waals surface area contributed by atoms with Gasteiger partial charge in [-0.1, -0.05) is 25.7 Å². The molecule has 3 amide bonds. The summed E-state index contributed by atoms with van der Waals surface area (Å²) >= 11 is 0. The summed E-state index contributed by atoms with van der Waals surface area (Å²) < 4.78 is 0. The minimum atomic E-state index is -0.586. The van der Waals surface area contributed by atoms with Crippen molar-refractivity contribution in [2.24, 2.45) is 11.7 Å². The maximum atomic E-state index is 12.7.